The van der Waals surface area contributed by atoms with E-state index in [-0.39, 0.29) is 24.4 Å². The van der Waals surface area contributed by atoms with Crippen molar-refractivity contribution < 1.29 is 9.59 Å². The van der Waals surface area contributed by atoms with Gasteiger partial charge in [0, 0.05) is 12.1 Å². The normalized spacial score (nSPS) is 16.0. The predicted molar refractivity (Wildman–Crippen MR) is 92.7 cm³/mol. The zero-order valence-corrected chi connectivity index (χ0v) is 13.8. The van der Waals surface area contributed by atoms with Gasteiger partial charge in [0.1, 0.15) is 0 Å². The molecule has 1 aliphatic rings. The second-order valence-corrected chi connectivity index (χ2v) is 6.01. The highest BCUT2D eigenvalue weighted by Gasteiger charge is 2.15. The fourth-order valence-electron chi connectivity index (χ4n) is 2.94. The van der Waals surface area contributed by atoms with E-state index in [1.54, 1.807) is 6.08 Å². The van der Waals surface area contributed by atoms with Gasteiger partial charge >= 0.3 is 0 Å². The van der Waals surface area contributed by atoms with Gasteiger partial charge in [0.05, 0.1) is 6.54 Å². The molecule has 2 N–H and O–H groups in total. The SMILES string of the molecule is CC/C(=C\C(=O)NCC(=O)NC1CCCCC1)c1ccccc1. The van der Waals surface area contributed by atoms with E-state index in [0.717, 1.165) is 30.4 Å². The molecule has 1 aromatic carbocycles. The molecule has 2 rings (SSSR count). The van der Waals surface area contributed by atoms with Crippen LogP contribution in [0.4, 0.5) is 0 Å². The van der Waals surface area contributed by atoms with Crippen LogP contribution in [0, 0.1) is 0 Å². The van der Waals surface area contributed by atoms with Gasteiger partial charge in [-0.3, -0.25) is 9.59 Å². The molecule has 0 unspecified atom stereocenters. The van der Waals surface area contributed by atoms with Crippen LogP contribution >= 0.6 is 0 Å². The van der Waals surface area contributed by atoms with Gasteiger partial charge in [-0.05, 0) is 30.4 Å². The minimum Gasteiger partial charge on any atom is -0.352 e. The van der Waals surface area contributed by atoms with Crippen LogP contribution in [-0.2, 0) is 9.59 Å². The van der Waals surface area contributed by atoms with Gasteiger partial charge < -0.3 is 10.6 Å². The lowest BCUT2D eigenvalue weighted by atomic mass is 9.95. The molecule has 0 radical (unpaired) electrons. The number of rotatable bonds is 6. The predicted octanol–water partition coefficient (Wildman–Crippen LogP) is 3.05. The number of benzene rings is 1. The van der Waals surface area contributed by atoms with Crippen LogP contribution in [0.25, 0.3) is 5.57 Å². The largest absolute Gasteiger partial charge is 0.352 e. The maximum absolute atomic E-state index is 12.0. The molecule has 1 aromatic rings. The minimum atomic E-state index is -0.218. The lowest BCUT2D eigenvalue weighted by Gasteiger charge is -2.22. The number of carbonyl (C=O) groups is 2. The lowest BCUT2D eigenvalue weighted by molar-refractivity contribution is -0.124. The summed E-state index contributed by atoms with van der Waals surface area (Å²) >= 11 is 0. The van der Waals surface area contributed by atoms with Crippen LogP contribution in [0.15, 0.2) is 36.4 Å². The van der Waals surface area contributed by atoms with E-state index in [0.29, 0.717) is 0 Å². The van der Waals surface area contributed by atoms with Gasteiger partial charge in [-0.2, -0.15) is 0 Å². The number of hydrogen-bond acceptors (Lipinski definition) is 2. The highest BCUT2D eigenvalue weighted by molar-refractivity contribution is 5.97. The van der Waals surface area contributed by atoms with Crippen LogP contribution in [0.1, 0.15) is 51.0 Å². The first-order valence-electron chi connectivity index (χ1n) is 8.52. The Morgan fingerprint density at radius 3 is 2.48 bits per heavy atom. The fourth-order valence-corrected chi connectivity index (χ4v) is 2.94. The zero-order chi connectivity index (χ0) is 16.5. The Morgan fingerprint density at radius 1 is 1.13 bits per heavy atom. The molecule has 0 aromatic heterocycles. The fraction of sp³-hybridized carbons (Fsp3) is 0.474. The average molecular weight is 314 g/mol. The number of hydrogen-bond donors (Lipinski definition) is 2. The van der Waals surface area contributed by atoms with E-state index in [1.165, 1.54) is 19.3 Å². The summed E-state index contributed by atoms with van der Waals surface area (Å²) in [6.45, 7) is 2.06. The Kier molecular flexibility index (Phi) is 6.85. The first-order valence-corrected chi connectivity index (χ1v) is 8.52. The number of carbonyl (C=O) groups excluding carboxylic acids is 2. The third kappa shape index (κ3) is 5.89. The summed E-state index contributed by atoms with van der Waals surface area (Å²) in [5.41, 5.74) is 2.01. The van der Waals surface area contributed by atoms with Crippen molar-refractivity contribution in [2.24, 2.45) is 0 Å². The Labute approximate surface area is 138 Å². The van der Waals surface area contributed by atoms with Gasteiger partial charge in [-0.25, -0.2) is 0 Å². The smallest absolute Gasteiger partial charge is 0.244 e. The molecular weight excluding hydrogens is 288 g/mol. The van der Waals surface area contributed by atoms with Crippen molar-refractivity contribution in [1.29, 1.82) is 0 Å². The molecule has 4 nitrogen and oxygen atoms in total. The Hall–Kier alpha value is -2.10. The average Bonchev–Trinajstić information content (AvgIpc) is 2.59. The molecule has 1 fully saturated rings. The van der Waals surface area contributed by atoms with E-state index < -0.39 is 0 Å². The van der Waals surface area contributed by atoms with Crippen molar-refractivity contribution in [3.05, 3.63) is 42.0 Å². The standard InChI is InChI=1S/C19H26N2O2/c1-2-15(16-9-5-3-6-10-16)13-18(22)20-14-19(23)21-17-11-7-4-8-12-17/h3,5-6,9-10,13,17H,2,4,7-8,11-12,14H2,1H3,(H,20,22)(H,21,23)/b15-13+. The van der Waals surface area contributed by atoms with Crippen LogP contribution in [0.2, 0.25) is 0 Å². The third-order valence-corrected chi connectivity index (χ3v) is 4.22. The topological polar surface area (TPSA) is 58.2 Å². The maximum Gasteiger partial charge on any atom is 0.244 e. The van der Waals surface area contributed by atoms with Gasteiger partial charge in [0.25, 0.3) is 0 Å². The monoisotopic (exact) mass is 314 g/mol. The van der Waals surface area contributed by atoms with E-state index in [2.05, 4.69) is 10.6 Å². The second kappa shape index (κ2) is 9.13. The van der Waals surface area contributed by atoms with Crippen LogP contribution in [-0.4, -0.2) is 24.4 Å². The summed E-state index contributed by atoms with van der Waals surface area (Å²) in [7, 11) is 0. The van der Waals surface area contributed by atoms with Crippen molar-refractivity contribution in [3.63, 3.8) is 0 Å². The summed E-state index contributed by atoms with van der Waals surface area (Å²) in [6.07, 6.45) is 8.07. The van der Waals surface area contributed by atoms with Crippen LogP contribution in [0.5, 0.6) is 0 Å². The molecule has 0 atom stereocenters. The van der Waals surface area contributed by atoms with Gasteiger partial charge in [-0.15, -0.1) is 0 Å². The maximum atomic E-state index is 12.0. The molecule has 0 spiro atoms. The molecule has 0 aliphatic heterocycles. The Morgan fingerprint density at radius 2 is 1.83 bits per heavy atom. The number of nitrogens with one attached hydrogen (secondary N) is 2. The summed E-state index contributed by atoms with van der Waals surface area (Å²) < 4.78 is 0. The molecule has 23 heavy (non-hydrogen) atoms. The summed E-state index contributed by atoms with van der Waals surface area (Å²) in [4.78, 5) is 23.9. The molecule has 0 bridgehead atoms. The molecule has 1 aliphatic carbocycles. The van der Waals surface area contributed by atoms with Gasteiger partial charge in [-0.1, -0.05) is 56.5 Å². The molecule has 124 valence electrons. The summed E-state index contributed by atoms with van der Waals surface area (Å²) in [5, 5.41) is 5.68. The first kappa shape index (κ1) is 17.3. The summed E-state index contributed by atoms with van der Waals surface area (Å²) in [6, 6.07) is 10.1. The molecular formula is C19H26N2O2. The Bertz CT molecular complexity index is 546. The minimum absolute atomic E-state index is 0.0393. The zero-order valence-electron chi connectivity index (χ0n) is 13.8. The van der Waals surface area contributed by atoms with E-state index in [4.69, 9.17) is 0 Å². The first-order chi connectivity index (χ1) is 11.2. The van der Waals surface area contributed by atoms with Gasteiger partial charge in [0.15, 0.2) is 0 Å². The quantitative estimate of drug-likeness (QED) is 0.793. The number of allylic oxidation sites excluding steroid dienone is 1. The molecule has 0 saturated heterocycles. The van der Waals surface area contributed by atoms with E-state index in [9.17, 15) is 9.59 Å². The highest BCUT2D eigenvalue weighted by atomic mass is 16.2. The Balaban J connectivity index is 1.81. The van der Waals surface area contributed by atoms with Crippen LogP contribution < -0.4 is 10.6 Å². The van der Waals surface area contributed by atoms with Crippen LogP contribution in [0.3, 0.4) is 0 Å². The summed E-state index contributed by atoms with van der Waals surface area (Å²) in [5.74, 6) is -0.319. The van der Waals surface area contributed by atoms with Crippen molar-refractivity contribution in [1.82, 2.24) is 10.6 Å². The van der Waals surface area contributed by atoms with Crippen molar-refractivity contribution in [2.45, 2.75) is 51.5 Å². The van der Waals surface area contributed by atoms with Crippen molar-refractivity contribution >= 4 is 17.4 Å². The van der Waals surface area contributed by atoms with Gasteiger partial charge in [0.2, 0.25) is 11.8 Å². The second-order valence-electron chi connectivity index (χ2n) is 6.01. The van der Waals surface area contributed by atoms with Crippen molar-refractivity contribution in [2.75, 3.05) is 6.54 Å². The molecule has 2 amide bonds. The van der Waals surface area contributed by atoms with E-state index in [1.807, 2.05) is 37.3 Å². The van der Waals surface area contributed by atoms with E-state index >= 15 is 0 Å². The third-order valence-electron chi connectivity index (χ3n) is 4.22. The lowest BCUT2D eigenvalue weighted by Crippen LogP contribution is -2.42. The van der Waals surface area contributed by atoms with Crippen molar-refractivity contribution in [3.8, 4) is 0 Å². The highest BCUT2D eigenvalue weighted by Crippen LogP contribution is 2.18. The molecule has 0 heterocycles. The number of amides is 2. The molecule has 4 heteroatoms. The molecule has 1 saturated carbocycles.